The third-order valence-corrected chi connectivity index (χ3v) is 5.38. The van der Waals surface area contributed by atoms with Crippen molar-refractivity contribution in [2.24, 2.45) is 20.0 Å². The van der Waals surface area contributed by atoms with Gasteiger partial charge in [0.15, 0.2) is 11.2 Å². The predicted octanol–water partition coefficient (Wildman–Crippen LogP) is 1.42. The summed E-state index contributed by atoms with van der Waals surface area (Å²) >= 11 is 0. The SMILES string of the molecule is Cn1c(N2CCC(Cc3ccccc3)CC2)nc2c1c(=O)[nH]c(=O)n2C. The van der Waals surface area contributed by atoms with Gasteiger partial charge in [0.25, 0.3) is 5.56 Å². The minimum atomic E-state index is -0.436. The van der Waals surface area contributed by atoms with E-state index in [4.69, 9.17) is 0 Å². The molecule has 0 spiro atoms. The lowest BCUT2D eigenvalue weighted by atomic mass is 9.90. The van der Waals surface area contributed by atoms with Crippen LogP contribution < -0.4 is 16.1 Å². The summed E-state index contributed by atoms with van der Waals surface area (Å²) in [5, 5.41) is 0. The average molecular weight is 353 g/mol. The van der Waals surface area contributed by atoms with Crippen LogP contribution in [0.5, 0.6) is 0 Å². The number of anilines is 1. The van der Waals surface area contributed by atoms with Crippen molar-refractivity contribution in [3.05, 3.63) is 56.7 Å². The lowest BCUT2D eigenvalue weighted by Crippen LogP contribution is -2.36. The minimum Gasteiger partial charge on any atom is -0.342 e. The van der Waals surface area contributed by atoms with Crippen LogP contribution >= 0.6 is 0 Å². The highest BCUT2D eigenvalue weighted by Gasteiger charge is 2.24. The number of aromatic amines is 1. The second-order valence-electron chi connectivity index (χ2n) is 7.08. The van der Waals surface area contributed by atoms with Gasteiger partial charge in [-0.1, -0.05) is 30.3 Å². The number of aromatic nitrogens is 4. The molecule has 3 heterocycles. The van der Waals surface area contributed by atoms with Gasteiger partial charge in [-0.2, -0.15) is 4.98 Å². The first-order valence-electron chi connectivity index (χ1n) is 8.99. The molecule has 1 aromatic carbocycles. The summed E-state index contributed by atoms with van der Waals surface area (Å²) in [5.74, 6) is 1.42. The van der Waals surface area contributed by atoms with Crippen molar-refractivity contribution in [3.8, 4) is 0 Å². The molecule has 0 saturated carbocycles. The van der Waals surface area contributed by atoms with E-state index in [2.05, 4.69) is 39.1 Å². The van der Waals surface area contributed by atoms with Gasteiger partial charge in [0, 0.05) is 27.2 Å². The van der Waals surface area contributed by atoms with Gasteiger partial charge in [-0.25, -0.2) is 4.79 Å². The molecule has 1 aliphatic rings. The van der Waals surface area contributed by atoms with Crippen LogP contribution in [0.15, 0.2) is 39.9 Å². The monoisotopic (exact) mass is 353 g/mol. The zero-order valence-corrected chi connectivity index (χ0v) is 15.1. The Kier molecular flexibility index (Phi) is 4.14. The van der Waals surface area contributed by atoms with E-state index in [1.807, 2.05) is 13.1 Å². The Labute approximate surface area is 150 Å². The first-order valence-corrected chi connectivity index (χ1v) is 8.99. The fourth-order valence-electron chi connectivity index (χ4n) is 3.86. The molecule has 0 unspecified atom stereocenters. The zero-order chi connectivity index (χ0) is 18.3. The summed E-state index contributed by atoms with van der Waals surface area (Å²) in [7, 11) is 3.46. The van der Waals surface area contributed by atoms with Gasteiger partial charge in [-0.3, -0.25) is 14.3 Å². The van der Waals surface area contributed by atoms with Crippen LogP contribution in [0.4, 0.5) is 5.95 Å². The minimum absolute atomic E-state index is 0.386. The van der Waals surface area contributed by atoms with Crippen LogP contribution in [0, 0.1) is 5.92 Å². The Morgan fingerprint density at radius 2 is 1.77 bits per heavy atom. The van der Waals surface area contributed by atoms with E-state index < -0.39 is 5.69 Å². The number of imidazole rings is 1. The predicted molar refractivity (Wildman–Crippen MR) is 102 cm³/mol. The largest absolute Gasteiger partial charge is 0.342 e. The molecule has 1 saturated heterocycles. The van der Waals surface area contributed by atoms with Crippen LogP contribution in [-0.4, -0.2) is 32.2 Å². The number of nitrogens with one attached hydrogen (secondary N) is 1. The Hall–Kier alpha value is -2.83. The Morgan fingerprint density at radius 3 is 2.46 bits per heavy atom. The Bertz CT molecular complexity index is 1040. The topological polar surface area (TPSA) is 75.9 Å². The molecule has 7 heteroatoms. The van der Waals surface area contributed by atoms with Crippen LogP contribution in [0.2, 0.25) is 0 Å². The molecule has 0 radical (unpaired) electrons. The van der Waals surface area contributed by atoms with Crippen molar-refractivity contribution >= 4 is 17.1 Å². The molecule has 136 valence electrons. The van der Waals surface area contributed by atoms with Gasteiger partial charge in [0.2, 0.25) is 5.95 Å². The summed E-state index contributed by atoms with van der Waals surface area (Å²) in [6.07, 6.45) is 3.28. The fraction of sp³-hybridized carbons (Fsp3) is 0.421. The van der Waals surface area contributed by atoms with Crippen molar-refractivity contribution in [1.82, 2.24) is 19.1 Å². The van der Waals surface area contributed by atoms with Crippen LogP contribution in [0.3, 0.4) is 0 Å². The molecule has 26 heavy (non-hydrogen) atoms. The third-order valence-electron chi connectivity index (χ3n) is 5.38. The van der Waals surface area contributed by atoms with E-state index >= 15 is 0 Å². The zero-order valence-electron chi connectivity index (χ0n) is 15.1. The van der Waals surface area contributed by atoms with Crippen molar-refractivity contribution < 1.29 is 0 Å². The summed E-state index contributed by atoms with van der Waals surface area (Å²) in [5.41, 5.74) is 1.43. The molecule has 0 bridgehead atoms. The molecular weight excluding hydrogens is 330 g/mol. The highest BCUT2D eigenvalue weighted by atomic mass is 16.2. The molecule has 1 fully saturated rings. The highest BCUT2D eigenvalue weighted by molar-refractivity contribution is 5.74. The number of benzene rings is 1. The third kappa shape index (κ3) is 2.83. The first kappa shape index (κ1) is 16.6. The Balaban J connectivity index is 1.56. The summed E-state index contributed by atoms with van der Waals surface area (Å²) in [6.45, 7) is 1.81. The van der Waals surface area contributed by atoms with Crippen LogP contribution in [-0.2, 0) is 20.5 Å². The molecule has 0 amide bonds. The maximum Gasteiger partial charge on any atom is 0.329 e. The number of rotatable bonds is 3. The first-order chi connectivity index (χ1) is 12.5. The summed E-state index contributed by atoms with van der Waals surface area (Å²) < 4.78 is 3.19. The van der Waals surface area contributed by atoms with Crippen molar-refractivity contribution in [3.63, 3.8) is 0 Å². The molecule has 7 nitrogen and oxygen atoms in total. The van der Waals surface area contributed by atoms with E-state index in [-0.39, 0.29) is 5.56 Å². The maximum absolute atomic E-state index is 12.2. The number of hydrogen-bond donors (Lipinski definition) is 1. The van der Waals surface area contributed by atoms with E-state index in [1.54, 1.807) is 11.6 Å². The molecule has 1 aliphatic heterocycles. The van der Waals surface area contributed by atoms with Gasteiger partial charge in [-0.05, 0) is 30.7 Å². The Morgan fingerprint density at radius 1 is 1.08 bits per heavy atom. The maximum atomic E-state index is 12.2. The molecule has 2 aromatic heterocycles. The van der Waals surface area contributed by atoms with Gasteiger partial charge < -0.3 is 9.47 Å². The normalized spacial score (nSPS) is 15.7. The van der Waals surface area contributed by atoms with E-state index in [0.717, 1.165) is 38.3 Å². The molecule has 1 N–H and O–H groups in total. The molecule has 0 atom stereocenters. The van der Waals surface area contributed by atoms with Crippen molar-refractivity contribution in [1.29, 1.82) is 0 Å². The van der Waals surface area contributed by atoms with Gasteiger partial charge in [0.05, 0.1) is 0 Å². The quantitative estimate of drug-likeness (QED) is 0.773. The van der Waals surface area contributed by atoms with Crippen LogP contribution in [0.1, 0.15) is 18.4 Å². The standard InChI is InChI=1S/C19H23N5O2/c1-22-15-16(23(2)19(26)21-17(15)25)20-18(22)24-10-8-14(9-11-24)12-13-6-4-3-5-7-13/h3-7,14H,8-12H2,1-2H3,(H,21,25,26). The number of piperidine rings is 1. The van der Waals surface area contributed by atoms with E-state index in [0.29, 0.717) is 17.1 Å². The van der Waals surface area contributed by atoms with Crippen molar-refractivity contribution in [2.45, 2.75) is 19.3 Å². The second kappa shape index (κ2) is 6.48. The van der Waals surface area contributed by atoms with E-state index in [1.165, 1.54) is 10.1 Å². The fourth-order valence-corrected chi connectivity index (χ4v) is 3.86. The smallest absolute Gasteiger partial charge is 0.329 e. The van der Waals surface area contributed by atoms with Crippen LogP contribution in [0.25, 0.3) is 11.2 Å². The van der Waals surface area contributed by atoms with E-state index in [9.17, 15) is 9.59 Å². The molecule has 0 aliphatic carbocycles. The summed E-state index contributed by atoms with van der Waals surface area (Å²) in [4.78, 5) is 33.1. The number of nitrogens with zero attached hydrogens (tertiary/aromatic N) is 4. The average Bonchev–Trinajstić information content (AvgIpc) is 2.99. The van der Waals surface area contributed by atoms with Gasteiger partial charge in [-0.15, -0.1) is 0 Å². The number of fused-ring (bicyclic) bond motifs is 1. The number of hydrogen-bond acceptors (Lipinski definition) is 4. The van der Waals surface area contributed by atoms with Gasteiger partial charge >= 0.3 is 5.69 Å². The second-order valence-corrected chi connectivity index (χ2v) is 7.08. The molecule has 4 rings (SSSR count). The van der Waals surface area contributed by atoms with Crippen molar-refractivity contribution in [2.75, 3.05) is 18.0 Å². The lowest BCUT2D eigenvalue weighted by Gasteiger charge is -2.32. The molecule has 3 aromatic rings. The van der Waals surface area contributed by atoms with Gasteiger partial charge in [0.1, 0.15) is 0 Å². The molecular formula is C19H23N5O2. The highest BCUT2D eigenvalue weighted by Crippen LogP contribution is 2.26. The number of aryl methyl sites for hydroxylation is 2. The summed E-state index contributed by atoms with van der Waals surface area (Å²) in [6, 6.07) is 10.6. The number of H-pyrrole nitrogens is 1. The lowest BCUT2D eigenvalue weighted by molar-refractivity contribution is 0.399.